The van der Waals surface area contributed by atoms with E-state index >= 15 is 0 Å². The second-order valence-electron chi connectivity index (χ2n) is 6.41. The van der Waals surface area contributed by atoms with Crippen molar-refractivity contribution in [1.82, 2.24) is 4.90 Å². The number of halogens is 1. The zero-order valence-electron chi connectivity index (χ0n) is 15.9. The minimum Gasteiger partial charge on any atom is -0.477 e. The molecule has 0 bridgehead atoms. The van der Waals surface area contributed by atoms with Crippen LogP contribution in [0, 0.1) is 5.92 Å². The number of aliphatic carboxylic acids is 1. The van der Waals surface area contributed by atoms with Gasteiger partial charge in [-0.25, -0.2) is 4.79 Å². The molecule has 0 spiro atoms. The molecule has 0 aliphatic carbocycles. The van der Waals surface area contributed by atoms with Crippen molar-refractivity contribution in [3.8, 4) is 11.5 Å². The minimum absolute atomic E-state index is 0. The molecule has 3 rings (SSSR count). The van der Waals surface area contributed by atoms with E-state index in [0.29, 0.717) is 5.75 Å². The quantitative estimate of drug-likeness (QED) is 0.296. The Kier molecular flexibility index (Phi) is 7.27. The van der Waals surface area contributed by atoms with Gasteiger partial charge >= 0.3 is 17.9 Å². The molecule has 1 aromatic carbocycles. The third-order valence-corrected chi connectivity index (χ3v) is 5.59. The van der Waals surface area contributed by atoms with Gasteiger partial charge in [0.25, 0.3) is 0 Å². The Morgan fingerprint density at radius 1 is 1.13 bits per heavy atom. The van der Waals surface area contributed by atoms with Crippen molar-refractivity contribution in [2.45, 2.75) is 25.6 Å². The lowest BCUT2D eigenvalue weighted by molar-refractivity contribution is -0.152. The summed E-state index contributed by atoms with van der Waals surface area (Å²) in [6.45, 7) is 2.35. The lowest BCUT2D eigenvalue weighted by Crippen LogP contribution is -2.61. The highest BCUT2D eigenvalue weighted by Gasteiger charge is 2.52. The molecule has 1 aromatic rings. The Hall–Kier alpha value is -2.85. The maximum absolute atomic E-state index is 12.7. The van der Waals surface area contributed by atoms with Gasteiger partial charge in [0, 0.05) is 31.6 Å². The summed E-state index contributed by atoms with van der Waals surface area (Å²) < 4.78 is 9.97. The summed E-state index contributed by atoms with van der Waals surface area (Å²) in [4.78, 5) is 60.0. The first-order chi connectivity index (χ1) is 13.7. The number of ketones is 1. The van der Waals surface area contributed by atoms with Gasteiger partial charge < -0.3 is 14.6 Å². The molecule has 160 valence electrons. The van der Waals surface area contributed by atoms with Gasteiger partial charge in [0.05, 0.1) is 11.3 Å². The van der Waals surface area contributed by atoms with Crippen molar-refractivity contribution in [1.29, 1.82) is 0 Å². The van der Waals surface area contributed by atoms with Gasteiger partial charge in [0.15, 0.2) is 17.3 Å². The second kappa shape index (κ2) is 9.31. The molecular formula is C19H18ClNO8S. The molecule has 1 unspecified atom stereocenters. The minimum atomic E-state index is -1.18. The number of benzene rings is 1. The summed E-state index contributed by atoms with van der Waals surface area (Å²) >= 11 is 1.39. The normalized spacial score (nSPS) is 19.5. The number of carbonyl (C=O) groups is 5. The first-order valence-electron chi connectivity index (χ1n) is 8.61. The number of hydrogen-bond donors (Lipinski definition) is 1. The Bertz CT molecular complexity index is 960. The molecule has 30 heavy (non-hydrogen) atoms. The molecule has 2 aliphatic heterocycles. The number of rotatable bonds is 6. The van der Waals surface area contributed by atoms with Crippen molar-refractivity contribution in [2.75, 3.05) is 5.75 Å². The van der Waals surface area contributed by atoms with Crippen molar-refractivity contribution in [3.63, 3.8) is 0 Å². The van der Waals surface area contributed by atoms with E-state index in [1.165, 1.54) is 54.8 Å². The number of carboxylic acids is 1. The standard InChI is InChI=1S/C19H17NO8S.ClH/c1-9(21)27-15-4-3-11(7-16(15)28-10(2)22)14(23)8-12-17(24)20-13(19(25)26)5-6-29-18(12)20;/h3-5,7,12,18H,6,8H2,1-2H3,(H,25,26);1H/t12?,18-;/m0./s1. The first kappa shape index (κ1) is 23.4. The maximum atomic E-state index is 12.7. The fourth-order valence-corrected chi connectivity index (χ4v) is 4.41. The van der Waals surface area contributed by atoms with E-state index in [0.717, 1.165) is 0 Å². The van der Waals surface area contributed by atoms with E-state index in [1.807, 2.05) is 0 Å². The lowest BCUT2D eigenvalue weighted by atomic mass is 9.89. The zero-order valence-corrected chi connectivity index (χ0v) is 17.6. The van der Waals surface area contributed by atoms with Crippen LogP contribution >= 0.6 is 24.2 Å². The average molecular weight is 456 g/mol. The molecule has 1 saturated heterocycles. The number of thioether (sulfide) groups is 1. The van der Waals surface area contributed by atoms with Crippen molar-refractivity contribution < 1.29 is 38.6 Å². The summed E-state index contributed by atoms with van der Waals surface area (Å²) in [5.74, 6) is -3.53. The Labute approximate surface area is 181 Å². The number of amides is 1. The summed E-state index contributed by atoms with van der Waals surface area (Å²) in [7, 11) is 0. The summed E-state index contributed by atoms with van der Waals surface area (Å²) in [5, 5.41) is 8.79. The highest BCUT2D eigenvalue weighted by atomic mass is 35.5. The number of β-lactam (4-membered cyclic amide) rings is 1. The molecule has 0 radical (unpaired) electrons. The van der Waals surface area contributed by atoms with Crippen LogP contribution in [0.2, 0.25) is 0 Å². The summed E-state index contributed by atoms with van der Waals surface area (Å²) in [5.41, 5.74) is 0.114. The third-order valence-electron chi connectivity index (χ3n) is 4.35. The first-order valence-corrected chi connectivity index (χ1v) is 9.66. The SMILES string of the molecule is CC(=O)Oc1ccc(C(=O)CC2C(=O)N3C(C(=O)O)=CCS[C@@H]23)cc1OC(C)=O.Cl. The van der Waals surface area contributed by atoms with Gasteiger partial charge in [-0.15, -0.1) is 24.2 Å². The lowest BCUT2D eigenvalue weighted by Gasteiger charge is -2.48. The fourth-order valence-electron chi connectivity index (χ4n) is 3.15. The Balaban J connectivity index is 0.00000320. The molecule has 0 aromatic heterocycles. The van der Waals surface area contributed by atoms with E-state index in [1.54, 1.807) is 0 Å². The number of carboxylic acid groups (broad SMARTS) is 1. The van der Waals surface area contributed by atoms with Crippen LogP contribution in [-0.4, -0.2) is 50.7 Å². The van der Waals surface area contributed by atoms with E-state index in [2.05, 4.69) is 0 Å². The highest BCUT2D eigenvalue weighted by Crippen LogP contribution is 2.43. The molecule has 1 amide bonds. The molecule has 9 nitrogen and oxygen atoms in total. The molecular weight excluding hydrogens is 438 g/mol. The smallest absolute Gasteiger partial charge is 0.352 e. The number of fused-ring (bicyclic) bond motifs is 1. The maximum Gasteiger partial charge on any atom is 0.352 e. The van der Waals surface area contributed by atoms with Crippen LogP contribution in [0.3, 0.4) is 0 Å². The number of nitrogens with zero attached hydrogens (tertiary/aromatic N) is 1. The highest BCUT2D eigenvalue weighted by molar-refractivity contribution is 8.00. The predicted molar refractivity (Wildman–Crippen MR) is 108 cm³/mol. The summed E-state index contributed by atoms with van der Waals surface area (Å²) in [6, 6.07) is 4.02. The monoisotopic (exact) mass is 455 g/mol. The second-order valence-corrected chi connectivity index (χ2v) is 7.56. The summed E-state index contributed by atoms with van der Waals surface area (Å²) in [6.07, 6.45) is 1.35. The largest absolute Gasteiger partial charge is 0.477 e. The molecule has 2 aliphatic rings. The number of ether oxygens (including phenoxy) is 2. The van der Waals surface area contributed by atoms with Crippen LogP contribution in [0.4, 0.5) is 0 Å². The van der Waals surface area contributed by atoms with Crippen LogP contribution in [0.5, 0.6) is 11.5 Å². The topological polar surface area (TPSA) is 127 Å². The molecule has 1 fully saturated rings. The van der Waals surface area contributed by atoms with Crippen LogP contribution in [0.25, 0.3) is 0 Å². The van der Waals surface area contributed by atoms with E-state index in [4.69, 9.17) is 9.47 Å². The number of esters is 2. The third kappa shape index (κ3) is 4.65. The van der Waals surface area contributed by atoms with Gasteiger partial charge in [0.1, 0.15) is 5.70 Å². The van der Waals surface area contributed by atoms with Crippen molar-refractivity contribution >= 4 is 53.8 Å². The molecule has 0 saturated carbocycles. The van der Waals surface area contributed by atoms with Gasteiger partial charge in [-0.3, -0.25) is 24.1 Å². The fraction of sp³-hybridized carbons (Fsp3) is 0.316. The molecule has 1 N–H and O–H groups in total. The molecule has 2 atom stereocenters. The van der Waals surface area contributed by atoms with Crippen molar-refractivity contribution in [2.24, 2.45) is 5.92 Å². The van der Waals surface area contributed by atoms with Gasteiger partial charge in [-0.1, -0.05) is 0 Å². The van der Waals surface area contributed by atoms with Gasteiger partial charge in [-0.2, -0.15) is 0 Å². The van der Waals surface area contributed by atoms with Crippen LogP contribution in [-0.2, 0) is 19.2 Å². The number of hydrogen-bond acceptors (Lipinski definition) is 8. The van der Waals surface area contributed by atoms with Crippen LogP contribution < -0.4 is 9.47 Å². The number of Topliss-reactive ketones (excluding diaryl/α,β-unsaturated/α-hetero) is 1. The van der Waals surface area contributed by atoms with Crippen LogP contribution in [0.15, 0.2) is 30.0 Å². The van der Waals surface area contributed by atoms with E-state index < -0.39 is 35.1 Å². The van der Waals surface area contributed by atoms with Crippen molar-refractivity contribution in [3.05, 3.63) is 35.5 Å². The van der Waals surface area contributed by atoms with Gasteiger partial charge in [-0.05, 0) is 24.3 Å². The van der Waals surface area contributed by atoms with Crippen LogP contribution in [0.1, 0.15) is 30.6 Å². The molecule has 11 heteroatoms. The van der Waals surface area contributed by atoms with E-state index in [9.17, 15) is 29.1 Å². The average Bonchev–Trinajstić information content (AvgIpc) is 2.65. The Morgan fingerprint density at radius 3 is 2.37 bits per heavy atom. The number of carbonyl (C=O) groups excluding carboxylic acids is 4. The zero-order chi connectivity index (χ0) is 21.3. The predicted octanol–water partition coefficient (Wildman–Crippen LogP) is 2.03. The molecule has 2 heterocycles. The Morgan fingerprint density at radius 2 is 1.77 bits per heavy atom. The van der Waals surface area contributed by atoms with Gasteiger partial charge in [0.2, 0.25) is 5.91 Å². The van der Waals surface area contributed by atoms with E-state index in [-0.39, 0.29) is 47.4 Å².